The third-order valence-corrected chi connectivity index (χ3v) is 6.27. The summed E-state index contributed by atoms with van der Waals surface area (Å²) in [6, 6.07) is 5.13. The predicted molar refractivity (Wildman–Crippen MR) is 116 cm³/mol. The number of aryl methyl sites for hydroxylation is 2. The minimum atomic E-state index is -0.666. The minimum absolute atomic E-state index is 0.167. The summed E-state index contributed by atoms with van der Waals surface area (Å²) < 4.78 is 3.13. The van der Waals surface area contributed by atoms with Crippen LogP contribution >= 0.6 is 0 Å². The summed E-state index contributed by atoms with van der Waals surface area (Å²) in [6.07, 6.45) is 4.29. The van der Waals surface area contributed by atoms with E-state index in [4.69, 9.17) is 0 Å². The summed E-state index contributed by atoms with van der Waals surface area (Å²) in [5, 5.41) is 5.43. The lowest BCUT2D eigenvalue weighted by atomic mass is 10.0. The average Bonchev–Trinajstić information content (AvgIpc) is 3.00. The molecule has 2 N–H and O–H groups in total. The second-order valence-corrected chi connectivity index (χ2v) is 8.33. The van der Waals surface area contributed by atoms with Crippen LogP contribution < -0.4 is 16.3 Å². The highest BCUT2D eigenvalue weighted by Gasteiger charge is 2.31. The van der Waals surface area contributed by atoms with Crippen LogP contribution in [0.1, 0.15) is 43.7 Å². The van der Waals surface area contributed by atoms with E-state index in [1.807, 2.05) is 23.1 Å². The van der Waals surface area contributed by atoms with Crippen LogP contribution in [-0.2, 0) is 27.9 Å². The van der Waals surface area contributed by atoms with E-state index in [1.54, 1.807) is 11.6 Å². The Morgan fingerprint density at radius 2 is 1.94 bits per heavy atom. The molecule has 3 amide bonds. The van der Waals surface area contributed by atoms with Gasteiger partial charge in [-0.05, 0) is 37.3 Å². The van der Waals surface area contributed by atoms with Crippen LogP contribution in [0.25, 0.3) is 11.0 Å². The van der Waals surface area contributed by atoms with Crippen molar-refractivity contribution in [3.8, 4) is 0 Å². The van der Waals surface area contributed by atoms with Gasteiger partial charge in [-0.25, -0.2) is 4.79 Å². The summed E-state index contributed by atoms with van der Waals surface area (Å²) >= 11 is 0. The van der Waals surface area contributed by atoms with Gasteiger partial charge >= 0.3 is 5.69 Å². The molecule has 4 rings (SSSR count). The molecule has 2 aliphatic heterocycles. The second kappa shape index (κ2) is 9.05. The van der Waals surface area contributed by atoms with Crippen molar-refractivity contribution in [1.29, 1.82) is 0 Å². The Morgan fingerprint density at radius 1 is 1.10 bits per heavy atom. The number of piperidine rings is 1. The van der Waals surface area contributed by atoms with Gasteiger partial charge < -0.3 is 10.2 Å². The third-order valence-electron chi connectivity index (χ3n) is 6.27. The molecular formula is C22H29N5O4. The number of carbonyl (C=O) groups excluding carboxylic acids is 3. The molecule has 1 unspecified atom stereocenters. The first kappa shape index (κ1) is 21.3. The number of aromatic nitrogens is 2. The van der Waals surface area contributed by atoms with Crippen LogP contribution in [-0.4, -0.2) is 57.9 Å². The monoisotopic (exact) mass is 427 g/mol. The Labute approximate surface area is 180 Å². The number of nitrogens with one attached hydrogen (secondary N) is 2. The number of para-hydroxylation sites is 1. The zero-order valence-corrected chi connectivity index (χ0v) is 17.9. The van der Waals surface area contributed by atoms with Crippen molar-refractivity contribution >= 4 is 28.8 Å². The van der Waals surface area contributed by atoms with Crippen molar-refractivity contribution < 1.29 is 14.4 Å². The molecule has 1 aromatic heterocycles. The fraction of sp³-hybridized carbons (Fsp3) is 0.545. The molecule has 0 saturated carbocycles. The van der Waals surface area contributed by atoms with Gasteiger partial charge in [0.25, 0.3) is 0 Å². The number of hydrogen-bond donors (Lipinski definition) is 2. The Kier molecular flexibility index (Phi) is 6.22. The first-order valence-corrected chi connectivity index (χ1v) is 11.0. The number of benzene rings is 1. The van der Waals surface area contributed by atoms with Gasteiger partial charge in [0, 0.05) is 33.1 Å². The predicted octanol–water partition coefficient (Wildman–Crippen LogP) is 0.462. The largest absolute Gasteiger partial charge is 0.340 e. The summed E-state index contributed by atoms with van der Waals surface area (Å²) in [7, 11) is 1.73. The first-order chi connectivity index (χ1) is 15.0. The highest BCUT2D eigenvalue weighted by molar-refractivity contribution is 6.00. The van der Waals surface area contributed by atoms with Crippen molar-refractivity contribution in [3.63, 3.8) is 0 Å². The van der Waals surface area contributed by atoms with Crippen molar-refractivity contribution in [2.24, 2.45) is 7.05 Å². The van der Waals surface area contributed by atoms with Crippen LogP contribution in [0, 0.1) is 0 Å². The van der Waals surface area contributed by atoms with Gasteiger partial charge in [-0.2, -0.15) is 0 Å². The zero-order valence-electron chi connectivity index (χ0n) is 17.9. The van der Waals surface area contributed by atoms with Crippen LogP contribution in [0.3, 0.4) is 0 Å². The highest BCUT2D eigenvalue weighted by atomic mass is 16.2. The van der Waals surface area contributed by atoms with Crippen LogP contribution in [0.15, 0.2) is 23.0 Å². The number of hydrogen-bond acceptors (Lipinski definition) is 5. The Morgan fingerprint density at radius 3 is 2.71 bits per heavy atom. The Hall–Kier alpha value is -2.94. The van der Waals surface area contributed by atoms with Gasteiger partial charge in [0.05, 0.1) is 17.6 Å². The van der Waals surface area contributed by atoms with Crippen LogP contribution in [0.4, 0.5) is 0 Å². The fourth-order valence-electron chi connectivity index (χ4n) is 4.63. The molecule has 2 aromatic rings. The third kappa shape index (κ3) is 4.27. The molecule has 3 heterocycles. The van der Waals surface area contributed by atoms with E-state index in [0.717, 1.165) is 61.9 Å². The molecule has 2 saturated heterocycles. The number of carbonyl (C=O) groups is 3. The van der Waals surface area contributed by atoms with E-state index >= 15 is 0 Å². The molecule has 0 spiro atoms. The fourth-order valence-corrected chi connectivity index (χ4v) is 4.63. The van der Waals surface area contributed by atoms with E-state index in [2.05, 4.69) is 10.6 Å². The number of imide groups is 1. The Balaban J connectivity index is 1.45. The maximum absolute atomic E-state index is 13.0. The van der Waals surface area contributed by atoms with Gasteiger partial charge in [0.2, 0.25) is 17.7 Å². The van der Waals surface area contributed by atoms with Crippen molar-refractivity contribution in [2.75, 3.05) is 26.2 Å². The van der Waals surface area contributed by atoms with Gasteiger partial charge in [0.1, 0.15) is 6.04 Å². The number of nitrogens with zero attached hydrogens (tertiary/aromatic N) is 3. The number of rotatable bonds is 7. The minimum Gasteiger partial charge on any atom is -0.340 e. The lowest BCUT2D eigenvalue weighted by Gasteiger charge is -2.27. The normalized spacial score (nSPS) is 19.8. The van der Waals surface area contributed by atoms with Gasteiger partial charge in [0.15, 0.2) is 0 Å². The quantitative estimate of drug-likeness (QED) is 0.493. The van der Waals surface area contributed by atoms with E-state index in [1.165, 1.54) is 4.57 Å². The number of imidazole rings is 1. The lowest BCUT2D eigenvalue weighted by Crippen LogP contribution is -2.48. The molecule has 2 fully saturated rings. The average molecular weight is 428 g/mol. The van der Waals surface area contributed by atoms with Crippen LogP contribution in [0.5, 0.6) is 0 Å². The van der Waals surface area contributed by atoms with Gasteiger partial charge in [-0.1, -0.05) is 18.6 Å². The van der Waals surface area contributed by atoms with Crippen LogP contribution in [0.2, 0.25) is 0 Å². The molecule has 31 heavy (non-hydrogen) atoms. The molecule has 1 atom stereocenters. The molecule has 2 aliphatic rings. The first-order valence-electron chi connectivity index (χ1n) is 11.0. The smallest absolute Gasteiger partial charge is 0.329 e. The van der Waals surface area contributed by atoms with E-state index in [0.29, 0.717) is 13.0 Å². The number of fused-ring (bicyclic) bond motifs is 1. The number of unbranched alkanes of at least 4 members (excludes halogenated alkanes) is 2. The topological polar surface area (TPSA) is 105 Å². The maximum atomic E-state index is 13.0. The molecule has 166 valence electrons. The Bertz CT molecular complexity index is 1070. The SMILES string of the molecule is Cn1c(=O)n(C2CCC(=O)NC2=O)c2cccc(CCCCCN3CCNCC3=O)c21. The molecule has 0 radical (unpaired) electrons. The summed E-state index contributed by atoms with van der Waals surface area (Å²) in [4.78, 5) is 50.6. The van der Waals surface area contributed by atoms with E-state index in [-0.39, 0.29) is 23.9 Å². The molecule has 0 aliphatic carbocycles. The van der Waals surface area contributed by atoms with E-state index in [9.17, 15) is 19.2 Å². The van der Waals surface area contributed by atoms with Gasteiger partial charge in [-0.15, -0.1) is 0 Å². The highest BCUT2D eigenvalue weighted by Crippen LogP contribution is 2.25. The van der Waals surface area contributed by atoms with Crippen molar-refractivity contribution in [2.45, 2.75) is 44.6 Å². The maximum Gasteiger partial charge on any atom is 0.329 e. The molecule has 9 heteroatoms. The molecular weight excluding hydrogens is 398 g/mol. The molecule has 1 aromatic carbocycles. The number of amides is 3. The number of piperazine rings is 1. The van der Waals surface area contributed by atoms with Crippen molar-refractivity contribution in [3.05, 3.63) is 34.2 Å². The van der Waals surface area contributed by atoms with Crippen molar-refractivity contribution in [1.82, 2.24) is 24.7 Å². The molecule has 9 nitrogen and oxygen atoms in total. The summed E-state index contributed by atoms with van der Waals surface area (Å²) in [5.41, 5.74) is 2.40. The molecule has 0 bridgehead atoms. The second-order valence-electron chi connectivity index (χ2n) is 8.33. The lowest BCUT2D eigenvalue weighted by molar-refractivity contribution is -0.136. The zero-order chi connectivity index (χ0) is 22.0. The van der Waals surface area contributed by atoms with E-state index < -0.39 is 11.9 Å². The summed E-state index contributed by atoms with van der Waals surface area (Å²) in [6.45, 7) is 2.84. The standard InChI is InChI=1S/C22H29N5O4/c1-25-20-15(6-3-2-4-12-26-13-11-23-14-19(26)29)7-5-8-16(20)27(22(25)31)17-9-10-18(28)24-21(17)30/h5,7-8,17,23H,2-4,6,9-14H2,1H3,(H,24,28,30). The summed E-state index contributed by atoms with van der Waals surface area (Å²) in [5.74, 6) is -0.544. The van der Waals surface area contributed by atoms with Gasteiger partial charge in [-0.3, -0.25) is 28.8 Å².